The molecule has 0 fully saturated rings. The Morgan fingerprint density at radius 3 is 1.10 bits per heavy atom. The van der Waals surface area contributed by atoms with Gasteiger partial charge < -0.3 is 14.7 Å². The fourth-order valence-corrected chi connectivity index (χ4v) is 16.7. The molecule has 0 unspecified atom stereocenters. The van der Waals surface area contributed by atoms with Crippen LogP contribution in [0.1, 0.15) is 52.7 Å². The number of para-hydroxylation sites is 3. The zero-order chi connectivity index (χ0) is 57.5. The van der Waals surface area contributed by atoms with Crippen LogP contribution in [-0.4, -0.2) is 13.4 Å². The second-order valence-electron chi connectivity index (χ2n) is 26.4. The van der Waals surface area contributed by atoms with E-state index in [9.17, 15) is 0 Å². The lowest BCUT2D eigenvalue weighted by Crippen LogP contribution is -2.64. The number of hydrogen-bond donors (Lipinski definition) is 0. The van der Waals surface area contributed by atoms with E-state index in [1.165, 1.54) is 158 Å². The van der Waals surface area contributed by atoms with E-state index in [1.807, 2.05) is 11.8 Å². The van der Waals surface area contributed by atoms with E-state index in [0.29, 0.717) is 0 Å². The number of nitrogens with zero attached hydrogens (tertiary/aromatic N) is 3. The minimum Gasteiger partial charge on any atom is -0.311 e. The van der Waals surface area contributed by atoms with Crippen molar-refractivity contribution >= 4 is 174 Å². The summed E-state index contributed by atoms with van der Waals surface area (Å²) in [5.41, 5.74) is 21.3. The molecule has 0 amide bonds. The van der Waals surface area contributed by atoms with Gasteiger partial charge in [0.25, 0.3) is 6.71 Å². The van der Waals surface area contributed by atoms with Crippen molar-refractivity contribution in [1.82, 2.24) is 0 Å². The number of anilines is 9. The quantitative estimate of drug-likeness (QED) is 0.129. The molecule has 6 heteroatoms. The third-order valence-corrected chi connectivity index (χ3v) is 20.6. The molecule has 86 heavy (non-hydrogen) atoms. The van der Waals surface area contributed by atoms with Crippen LogP contribution >= 0.6 is 11.8 Å². The SMILES string of the molecule is CC(C)(C)c1cc2c3c(c1)N(c1ccc4c5ccccc5c5ccccc5c4c1)c1ccccc1B3c1cc3c(cc1S2)N(c1ccc2c4ccccc4c4ccccc4c2c1)c1cc(C(C)(C)C)cc2c1B3c1ccccc1N2c1ccccc1. The molecule has 0 aliphatic carbocycles. The maximum Gasteiger partial charge on any atom is 0.252 e. The summed E-state index contributed by atoms with van der Waals surface area (Å²) in [4.78, 5) is 10.4. The zero-order valence-corrected chi connectivity index (χ0v) is 49.9. The summed E-state index contributed by atoms with van der Waals surface area (Å²) >= 11 is 1.97. The molecule has 0 atom stereocenters. The summed E-state index contributed by atoms with van der Waals surface area (Å²) in [6.07, 6.45) is 0. The number of hydrogen-bond acceptors (Lipinski definition) is 4. The van der Waals surface area contributed by atoms with Crippen LogP contribution in [-0.2, 0) is 10.8 Å². The average Bonchev–Trinajstić information content (AvgIpc) is 0.712. The average molecular weight is 1120 g/mol. The first-order valence-corrected chi connectivity index (χ1v) is 31.3. The van der Waals surface area contributed by atoms with E-state index < -0.39 is 0 Å². The van der Waals surface area contributed by atoms with E-state index in [4.69, 9.17) is 0 Å². The molecular weight excluding hydrogens is 1060 g/mol. The number of benzene rings is 14. The lowest BCUT2D eigenvalue weighted by Gasteiger charge is -2.46. The Hall–Kier alpha value is -9.48. The molecule has 4 heterocycles. The molecule has 4 aliphatic rings. The van der Waals surface area contributed by atoms with Crippen molar-refractivity contribution in [2.24, 2.45) is 0 Å². The van der Waals surface area contributed by atoms with Gasteiger partial charge in [-0.1, -0.05) is 229 Å². The van der Waals surface area contributed by atoms with Crippen molar-refractivity contribution in [3.05, 3.63) is 260 Å². The fraction of sp³-hybridized carbons (Fsp3) is 0.100. The highest BCUT2D eigenvalue weighted by atomic mass is 32.2. The summed E-state index contributed by atoms with van der Waals surface area (Å²) in [6, 6.07) is 95.4. The second kappa shape index (κ2) is 18.0. The molecule has 0 saturated heterocycles. The molecule has 3 nitrogen and oxygen atoms in total. The zero-order valence-electron chi connectivity index (χ0n) is 49.1. The first kappa shape index (κ1) is 49.9. The predicted octanol–water partition coefficient (Wildman–Crippen LogP) is 18.0. The summed E-state index contributed by atoms with van der Waals surface area (Å²) in [5, 5.41) is 15.3. The van der Waals surface area contributed by atoms with Crippen molar-refractivity contribution < 1.29 is 0 Å². The van der Waals surface area contributed by atoms with Gasteiger partial charge in [-0.2, -0.15) is 0 Å². The van der Waals surface area contributed by atoms with Crippen molar-refractivity contribution in [1.29, 1.82) is 0 Å². The first-order valence-electron chi connectivity index (χ1n) is 30.5. The Balaban J connectivity index is 0.918. The first-order chi connectivity index (χ1) is 41.9. The Kier molecular flexibility index (Phi) is 10.5. The fourth-order valence-electron chi connectivity index (χ4n) is 15.5. The molecule has 18 rings (SSSR count). The maximum atomic E-state index is 2.67. The smallest absolute Gasteiger partial charge is 0.252 e. The van der Waals surface area contributed by atoms with Gasteiger partial charge in [-0.05, 0) is 193 Å². The van der Waals surface area contributed by atoms with Gasteiger partial charge in [-0.15, -0.1) is 0 Å². The maximum absolute atomic E-state index is 2.67. The topological polar surface area (TPSA) is 9.72 Å². The van der Waals surface area contributed by atoms with Crippen molar-refractivity contribution in [2.45, 2.75) is 62.2 Å². The van der Waals surface area contributed by atoms with Crippen LogP contribution in [0.2, 0.25) is 0 Å². The van der Waals surface area contributed by atoms with Gasteiger partial charge >= 0.3 is 0 Å². The normalized spacial score (nSPS) is 14.0. The van der Waals surface area contributed by atoms with Crippen molar-refractivity contribution in [3.63, 3.8) is 0 Å². The Morgan fingerprint density at radius 1 is 0.256 bits per heavy atom. The van der Waals surface area contributed by atoms with Gasteiger partial charge in [-0.25, -0.2) is 0 Å². The molecule has 0 bridgehead atoms. The second-order valence-corrected chi connectivity index (χ2v) is 27.4. The lowest BCUT2D eigenvalue weighted by molar-refractivity contribution is 0.589. The monoisotopic (exact) mass is 1120 g/mol. The van der Waals surface area contributed by atoms with E-state index >= 15 is 0 Å². The minimum absolute atomic E-state index is 0.0224. The van der Waals surface area contributed by atoms with Gasteiger partial charge in [0.1, 0.15) is 0 Å². The standard InChI is InChI=1S/C80H59B2N3S/c1-79(2,3)48-40-72-77-73(41-48)85(52-37-39-62-58-29-13-11-25-54(58)56-27-15-17-31-60(56)64(62)45-52)71-47-75-68(46-67(71)81(77)65-32-18-20-34-69(65)83(72)50-22-8-7-9-23-50)82-66-33-19-21-35-70(66)84(74-42-49(80(4,5)6)43-76(86-75)78(74)82)51-36-38-61-57-28-12-10-24-53(57)55-26-14-16-30-59(55)63(61)44-51/h7-47H,1-6H3. The van der Waals surface area contributed by atoms with Crippen LogP contribution in [0.25, 0.3) is 64.6 Å². The molecule has 0 spiro atoms. The highest BCUT2D eigenvalue weighted by molar-refractivity contribution is 8.00. The molecule has 14 aromatic rings. The van der Waals surface area contributed by atoms with Crippen molar-refractivity contribution in [3.8, 4) is 0 Å². The van der Waals surface area contributed by atoms with Gasteiger partial charge in [-0.3, -0.25) is 0 Å². The van der Waals surface area contributed by atoms with Gasteiger partial charge in [0.2, 0.25) is 6.71 Å². The van der Waals surface area contributed by atoms with E-state index in [1.54, 1.807) is 0 Å². The molecule has 4 aliphatic heterocycles. The van der Waals surface area contributed by atoms with E-state index in [2.05, 4.69) is 305 Å². The van der Waals surface area contributed by atoms with Crippen LogP contribution in [0.3, 0.4) is 0 Å². The molecule has 0 radical (unpaired) electrons. The molecule has 0 N–H and O–H groups in total. The summed E-state index contributed by atoms with van der Waals surface area (Å²) in [5.74, 6) is 0. The Morgan fingerprint density at radius 2 is 0.628 bits per heavy atom. The molecule has 14 aromatic carbocycles. The highest BCUT2D eigenvalue weighted by Gasteiger charge is 2.48. The lowest BCUT2D eigenvalue weighted by atomic mass is 9.31. The van der Waals surface area contributed by atoms with E-state index in [0.717, 1.165) is 11.4 Å². The summed E-state index contributed by atoms with van der Waals surface area (Å²) in [7, 11) is 0. The summed E-state index contributed by atoms with van der Waals surface area (Å²) < 4.78 is 0. The van der Waals surface area contributed by atoms with Gasteiger partial charge in [0, 0.05) is 61.0 Å². The third kappa shape index (κ3) is 7.08. The van der Waals surface area contributed by atoms with Crippen molar-refractivity contribution in [2.75, 3.05) is 14.7 Å². The number of fused-ring (bicyclic) bond motifs is 20. The third-order valence-electron chi connectivity index (χ3n) is 19.5. The largest absolute Gasteiger partial charge is 0.311 e. The van der Waals surface area contributed by atoms with Crippen LogP contribution in [0.15, 0.2) is 259 Å². The number of rotatable bonds is 3. The van der Waals surface area contributed by atoms with Gasteiger partial charge in [0.05, 0.1) is 0 Å². The Bertz CT molecular complexity index is 5220. The highest BCUT2D eigenvalue weighted by Crippen LogP contribution is 2.51. The molecule has 0 saturated carbocycles. The van der Waals surface area contributed by atoms with Crippen LogP contribution in [0.4, 0.5) is 51.2 Å². The van der Waals surface area contributed by atoms with Crippen LogP contribution < -0.4 is 47.5 Å². The Labute approximate surface area is 507 Å². The summed E-state index contributed by atoms with van der Waals surface area (Å²) in [6.45, 7) is 14.1. The van der Waals surface area contributed by atoms with Crippen LogP contribution in [0, 0.1) is 0 Å². The predicted molar refractivity (Wildman–Crippen MR) is 373 cm³/mol. The van der Waals surface area contributed by atoms with Crippen LogP contribution in [0.5, 0.6) is 0 Å². The molecule has 0 aromatic heterocycles. The van der Waals surface area contributed by atoms with Gasteiger partial charge in [0.15, 0.2) is 0 Å². The minimum atomic E-state index is -0.153. The molecule has 406 valence electrons. The molecular formula is C80H59B2N3S. The van der Waals surface area contributed by atoms with E-state index in [-0.39, 0.29) is 24.3 Å².